The second-order valence-electron chi connectivity index (χ2n) is 6.98. The number of amides is 1. The van der Waals surface area contributed by atoms with E-state index in [1.165, 1.54) is 36.9 Å². The van der Waals surface area contributed by atoms with Crippen molar-refractivity contribution in [2.75, 3.05) is 6.26 Å². The second-order valence-corrected chi connectivity index (χ2v) is 9.00. The molecule has 4 aromatic rings. The number of sulfone groups is 1. The smallest absolute Gasteiger partial charge is 0.251 e. The van der Waals surface area contributed by atoms with Crippen LogP contribution in [0.2, 0.25) is 0 Å². The molecule has 8 nitrogen and oxygen atoms in total. The number of benzene rings is 1. The van der Waals surface area contributed by atoms with E-state index in [1.54, 1.807) is 0 Å². The first kappa shape index (κ1) is 21.2. The van der Waals surface area contributed by atoms with Gasteiger partial charge < -0.3 is 10.7 Å². The molecule has 4 rings (SSSR count). The molecule has 11 heteroatoms. The number of pyridine rings is 2. The van der Waals surface area contributed by atoms with E-state index in [4.69, 9.17) is 5.73 Å². The number of H-pyrrole nitrogens is 1. The van der Waals surface area contributed by atoms with E-state index in [0.717, 1.165) is 18.4 Å². The molecule has 0 saturated heterocycles. The predicted octanol–water partition coefficient (Wildman–Crippen LogP) is 2.64. The van der Waals surface area contributed by atoms with Crippen LogP contribution in [0.5, 0.6) is 0 Å². The fourth-order valence-electron chi connectivity index (χ4n) is 3.21. The first-order valence-corrected chi connectivity index (χ1v) is 10.9. The van der Waals surface area contributed by atoms with Gasteiger partial charge in [0.2, 0.25) is 5.78 Å². The van der Waals surface area contributed by atoms with Crippen molar-refractivity contribution >= 4 is 32.6 Å². The lowest BCUT2D eigenvalue weighted by atomic mass is 9.98. The van der Waals surface area contributed by atoms with Gasteiger partial charge in [0.1, 0.15) is 17.3 Å². The lowest BCUT2D eigenvalue weighted by Gasteiger charge is -2.07. The molecule has 0 radical (unpaired) electrons. The standard InChI is InChI=1S/C21H14F2N4O4S/c1-32(30,31)12-4-10(6-25-8-12)11-5-14-15(9-27-21(14)26-7-11)19(28)17-16(22)3-2-13(18(17)23)20(24)29/h2-9H,1H3,(H2,24,29)(H,26,27). The predicted molar refractivity (Wildman–Crippen MR) is 111 cm³/mol. The number of nitrogens with one attached hydrogen (secondary N) is 1. The van der Waals surface area contributed by atoms with Crippen LogP contribution in [-0.4, -0.2) is 41.3 Å². The van der Waals surface area contributed by atoms with E-state index >= 15 is 0 Å². The van der Waals surface area contributed by atoms with Gasteiger partial charge in [-0.05, 0) is 24.3 Å². The van der Waals surface area contributed by atoms with Gasteiger partial charge in [-0.15, -0.1) is 0 Å². The number of halogens is 2. The van der Waals surface area contributed by atoms with Crippen LogP contribution in [0.1, 0.15) is 26.3 Å². The van der Waals surface area contributed by atoms with E-state index < -0.39 is 44.3 Å². The maximum atomic E-state index is 14.7. The number of ketones is 1. The highest BCUT2D eigenvalue weighted by Gasteiger charge is 2.26. The Hall–Kier alpha value is -3.99. The van der Waals surface area contributed by atoms with Crippen molar-refractivity contribution in [1.29, 1.82) is 0 Å². The maximum Gasteiger partial charge on any atom is 0.251 e. The molecular formula is C21H14F2N4O4S. The number of primary amides is 1. The highest BCUT2D eigenvalue weighted by Crippen LogP contribution is 2.28. The van der Waals surface area contributed by atoms with E-state index in [2.05, 4.69) is 15.0 Å². The van der Waals surface area contributed by atoms with Crippen LogP contribution in [0.3, 0.4) is 0 Å². The van der Waals surface area contributed by atoms with Gasteiger partial charge in [-0.2, -0.15) is 0 Å². The largest absolute Gasteiger partial charge is 0.366 e. The van der Waals surface area contributed by atoms with Crippen molar-refractivity contribution in [3.8, 4) is 11.1 Å². The number of fused-ring (bicyclic) bond motifs is 1. The summed E-state index contributed by atoms with van der Waals surface area (Å²) in [6.07, 6.45) is 6.34. The minimum absolute atomic E-state index is 0.00660. The van der Waals surface area contributed by atoms with Crippen LogP contribution < -0.4 is 5.73 Å². The lowest BCUT2D eigenvalue weighted by Crippen LogP contribution is -2.17. The third kappa shape index (κ3) is 3.62. The number of hydrogen-bond acceptors (Lipinski definition) is 6. The quantitative estimate of drug-likeness (QED) is 0.443. The minimum atomic E-state index is -3.51. The van der Waals surface area contributed by atoms with Gasteiger partial charge in [0.15, 0.2) is 9.84 Å². The summed E-state index contributed by atoms with van der Waals surface area (Å²) in [5.74, 6) is -4.67. The average molecular weight is 456 g/mol. The molecule has 3 aromatic heterocycles. The van der Waals surface area contributed by atoms with Gasteiger partial charge in [0, 0.05) is 53.1 Å². The van der Waals surface area contributed by atoms with Crippen molar-refractivity contribution in [3.63, 3.8) is 0 Å². The van der Waals surface area contributed by atoms with Crippen molar-refractivity contribution in [2.24, 2.45) is 5.73 Å². The molecule has 0 fully saturated rings. The Labute approximate surface area is 180 Å². The number of nitrogens with zero attached hydrogens (tertiary/aromatic N) is 2. The molecule has 1 amide bonds. The minimum Gasteiger partial charge on any atom is -0.366 e. The molecule has 0 aliphatic carbocycles. The number of carbonyl (C=O) groups excluding carboxylic acids is 2. The van der Waals surface area contributed by atoms with Crippen LogP contribution in [0.4, 0.5) is 8.78 Å². The molecule has 0 spiro atoms. The van der Waals surface area contributed by atoms with Gasteiger partial charge >= 0.3 is 0 Å². The Morgan fingerprint density at radius 2 is 1.75 bits per heavy atom. The van der Waals surface area contributed by atoms with Gasteiger partial charge in [0.25, 0.3) is 5.91 Å². The zero-order chi connectivity index (χ0) is 23.2. The third-order valence-electron chi connectivity index (χ3n) is 4.83. The van der Waals surface area contributed by atoms with Crippen molar-refractivity contribution < 1.29 is 26.8 Å². The lowest BCUT2D eigenvalue weighted by molar-refractivity contribution is 0.0996. The Kier molecular flexibility index (Phi) is 5.05. The summed E-state index contributed by atoms with van der Waals surface area (Å²) >= 11 is 0. The SMILES string of the molecule is CS(=O)(=O)c1cncc(-c2cnc3[nH]cc(C(=O)c4c(F)ccc(C(N)=O)c4F)c3c2)c1. The van der Waals surface area contributed by atoms with Crippen LogP contribution in [0.15, 0.2) is 53.9 Å². The summed E-state index contributed by atoms with van der Waals surface area (Å²) < 4.78 is 52.6. The summed E-state index contributed by atoms with van der Waals surface area (Å²) in [6, 6.07) is 4.57. The highest BCUT2D eigenvalue weighted by atomic mass is 32.2. The molecule has 0 atom stereocenters. The summed E-state index contributed by atoms with van der Waals surface area (Å²) in [5.41, 5.74) is 4.56. The Morgan fingerprint density at radius 1 is 1.03 bits per heavy atom. The number of rotatable bonds is 5. The molecule has 3 heterocycles. The first-order valence-electron chi connectivity index (χ1n) is 9.03. The van der Waals surface area contributed by atoms with E-state index in [0.29, 0.717) is 11.1 Å². The molecule has 32 heavy (non-hydrogen) atoms. The van der Waals surface area contributed by atoms with E-state index in [-0.39, 0.29) is 21.5 Å². The Bertz CT molecular complexity index is 1530. The number of aromatic nitrogens is 3. The molecule has 0 unspecified atom stereocenters. The molecule has 162 valence electrons. The summed E-state index contributed by atoms with van der Waals surface area (Å²) in [6.45, 7) is 0. The number of aromatic amines is 1. The third-order valence-corrected chi connectivity index (χ3v) is 5.91. The van der Waals surface area contributed by atoms with Crippen LogP contribution in [0, 0.1) is 11.6 Å². The van der Waals surface area contributed by atoms with Gasteiger partial charge in [-0.1, -0.05) is 0 Å². The number of hydrogen-bond donors (Lipinski definition) is 2. The molecule has 0 aliphatic rings. The Morgan fingerprint density at radius 3 is 2.44 bits per heavy atom. The highest BCUT2D eigenvalue weighted by molar-refractivity contribution is 7.90. The fraction of sp³-hybridized carbons (Fsp3) is 0.0476. The molecule has 3 N–H and O–H groups in total. The van der Waals surface area contributed by atoms with Crippen molar-refractivity contribution in [3.05, 3.63) is 77.4 Å². The van der Waals surface area contributed by atoms with E-state index in [9.17, 15) is 26.8 Å². The number of carbonyl (C=O) groups is 2. The zero-order valence-electron chi connectivity index (χ0n) is 16.4. The fourth-order valence-corrected chi connectivity index (χ4v) is 3.81. The van der Waals surface area contributed by atoms with Crippen molar-refractivity contribution in [2.45, 2.75) is 4.90 Å². The van der Waals surface area contributed by atoms with Crippen molar-refractivity contribution in [1.82, 2.24) is 15.0 Å². The normalized spacial score (nSPS) is 11.6. The molecule has 0 aliphatic heterocycles. The van der Waals surface area contributed by atoms with Crippen LogP contribution >= 0.6 is 0 Å². The molecule has 1 aromatic carbocycles. The summed E-state index contributed by atoms with van der Waals surface area (Å²) in [5, 5.41) is 0.237. The van der Waals surface area contributed by atoms with Gasteiger partial charge in [-0.3, -0.25) is 14.6 Å². The molecule has 0 saturated carbocycles. The van der Waals surface area contributed by atoms with E-state index in [1.807, 2.05) is 0 Å². The first-order chi connectivity index (χ1) is 15.1. The molecular weight excluding hydrogens is 442 g/mol. The van der Waals surface area contributed by atoms with Gasteiger partial charge in [-0.25, -0.2) is 22.2 Å². The maximum absolute atomic E-state index is 14.7. The Balaban J connectivity index is 1.86. The second kappa shape index (κ2) is 7.61. The van der Waals surface area contributed by atoms with Gasteiger partial charge in [0.05, 0.1) is 16.0 Å². The molecule has 0 bridgehead atoms. The monoisotopic (exact) mass is 456 g/mol. The van der Waals surface area contributed by atoms with Crippen LogP contribution in [0.25, 0.3) is 22.2 Å². The number of nitrogens with two attached hydrogens (primary N) is 1. The van der Waals surface area contributed by atoms with Crippen LogP contribution in [-0.2, 0) is 9.84 Å². The average Bonchev–Trinajstić information content (AvgIpc) is 3.16. The topological polar surface area (TPSA) is 136 Å². The summed E-state index contributed by atoms with van der Waals surface area (Å²) in [4.78, 5) is 35.2. The summed E-state index contributed by atoms with van der Waals surface area (Å²) in [7, 11) is -3.51. The zero-order valence-corrected chi connectivity index (χ0v) is 17.2.